The van der Waals surface area contributed by atoms with Crippen LogP contribution in [-0.4, -0.2) is 12.6 Å². The SMILES string of the molecule is O=CO[C@@H]1CC[C@@H]2CCC[C@H]21. The van der Waals surface area contributed by atoms with E-state index in [1.165, 1.54) is 25.7 Å². The molecule has 0 unspecified atom stereocenters. The zero-order valence-electron chi connectivity index (χ0n) is 6.66. The van der Waals surface area contributed by atoms with Crippen LogP contribution in [-0.2, 0) is 9.53 Å². The lowest BCUT2D eigenvalue weighted by atomic mass is 9.99. The molecule has 0 N–H and O–H groups in total. The molecule has 2 fully saturated rings. The van der Waals surface area contributed by atoms with Crippen molar-refractivity contribution in [2.45, 2.75) is 38.2 Å². The summed E-state index contributed by atoms with van der Waals surface area (Å²) < 4.78 is 5.04. The highest BCUT2D eigenvalue weighted by molar-refractivity contribution is 5.37. The third kappa shape index (κ3) is 1.15. The molecule has 0 aromatic carbocycles. The van der Waals surface area contributed by atoms with Crippen molar-refractivity contribution in [3.05, 3.63) is 0 Å². The zero-order chi connectivity index (χ0) is 7.68. The Morgan fingerprint density at radius 1 is 1.18 bits per heavy atom. The number of fused-ring (bicyclic) bond motifs is 1. The Balaban J connectivity index is 1.97. The lowest BCUT2D eigenvalue weighted by Crippen LogP contribution is -2.17. The maximum atomic E-state index is 10.1. The molecule has 0 amide bonds. The molecule has 11 heavy (non-hydrogen) atoms. The highest BCUT2D eigenvalue weighted by Gasteiger charge is 2.40. The lowest BCUT2D eigenvalue weighted by Gasteiger charge is -2.15. The van der Waals surface area contributed by atoms with Crippen molar-refractivity contribution in [1.82, 2.24) is 0 Å². The summed E-state index contributed by atoms with van der Waals surface area (Å²) >= 11 is 0. The van der Waals surface area contributed by atoms with Gasteiger partial charge in [0.25, 0.3) is 6.47 Å². The highest BCUT2D eigenvalue weighted by Crippen LogP contribution is 2.44. The molecule has 0 aromatic heterocycles. The first-order valence-electron chi connectivity index (χ1n) is 4.51. The summed E-state index contributed by atoms with van der Waals surface area (Å²) in [5.41, 5.74) is 0. The number of hydrogen-bond donors (Lipinski definition) is 0. The summed E-state index contributed by atoms with van der Waals surface area (Å²) in [6.45, 7) is 0.616. The van der Waals surface area contributed by atoms with Crippen molar-refractivity contribution in [2.24, 2.45) is 11.8 Å². The first kappa shape index (κ1) is 7.14. The van der Waals surface area contributed by atoms with Crippen LogP contribution in [0.25, 0.3) is 0 Å². The summed E-state index contributed by atoms with van der Waals surface area (Å²) in [5, 5.41) is 0. The van der Waals surface area contributed by atoms with Gasteiger partial charge in [0, 0.05) is 0 Å². The molecular formula is C9H14O2. The number of ether oxygens (including phenoxy) is 1. The van der Waals surface area contributed by atoms with Crippen LogP contribution < -0.4 is 0 Å². The average Bonchev–Trinajstić information content (AvgIpc) is 2.53. The van der Waals surface area contributed by atoms with Crippen LogP contribution in [0.2, 0.25) is 0 Å². The van der Waals surface area contributed by atoms with E-state index in [1.807, 2.05) is 0 Å². The lowest BCUT2D eigenvalue weighted by molar-refractivity contribution is -0.135. The molecule has 2 aliphatic rings. The molecule has 3 atom stereocenters. The van der Waals surface area contributed by atoms with Crippen LogP contribution in [0.4, 0.5) is 0 Å². The molecule has 2 aliphatic carbocycles. The minimum atomic E-state index is 0.264. The van der Waals surface area contributed by atoms with Crippen molar-refractivity contribution in [1.29, 1.82) is 0 Å². The van der Waals surface area contributed by atoms with Crippen molar-refractivity contribution in [3.8, 4) is 0 Å². The summed E-state index contributed by atoms with van der Waals surface area (Å²) in [5.74, 6) is 1.58. The Morgan fingerprint density at radius 2 is 2.09 bits per heavy atom. The van der Waals surface area contributed by atoms with Gasteiger partial charge in [-0.15, -0.1) is 0 Å². The monoisotopic (exact) mass is 154 g/mol. The smallest absolute Gasteiger partial charge is 0.293 e. The molecule has 2 nitrogen and oxygen atoms in total. The Morgan fingerprint density at radius 3 is 2.91 bits per heavy atom. The predicted molar refractivity (Wildman–Crippen MR) is 41.0 cm³/mol. The molecule has 0 saturated heterocycles. The van der Waals surface area contributed by atoms with E-state index in [0.29, 0.717) is 12.4 Å². The normalized spacial score (nSPS) is 42.0. The second-order valence-corrected chi connectivity index (χ2v) is 3.70. The Labute approximate surface area is 66.9 Å². The Hall–Kier alpha value is -0.530. The Kier molecular flexibility index (Phi) is 1.84. The second-order valence-electron chi connectivity index (χ2n) is 3.70. The third-order valence-corrected chi connectivity index (χ3v) is 3.25. The Bertz CT molecular complexity index is 156. The molecule has 0 aromatic rings. The van der Waals surface area contributed by atoms with Crippen LogP contribution in [0.1, 0.15) is 32.1 Å². The van der Waals surface area contributed by atoms with E-state index in [0.717, 1.165) is 12.3 Å². The predicted octanol–water partition coefficient (Wildman–Crippen LogP) is 1.74. The van der Waals surface area contributed by atoms with Crippen LogP contribution >= 0.6 is 0 Å². The third-order valence-electron chi connectivity index (χ3n) is 3.25. The van der Waals surface area contributed by atoms with Gasteiger partial charge in [-0.1, -0.05) is 12.8 Å². The van der Waals surface area contributed by atoms with Gasteiger partial charge in [0.1, 0.15) is 6.10 Å². The topological polar surface area (TPSA) is 26.3 Å². The van der Waals surface area contributed by atoms with Gasteiger partial charge in [-0.25, -0.2) is 0 Å². The number of carbonyl (C=O) groups is 1. The molecule has 0 spiro atoms. The molecule has 2 heteroatoms. The number of rotatable bonds is 2. The van der Waals surface area contributed by atoms with Crippen molar-refractivity contribution in [3.63, 3.8) is 0 Å². The van der Waals surface area contributed by atoms with Gasteiger partial charge in [-0.3, -0.25) is 4.79 Å². The molecular weight excluding hydrogens is 140 g/mol. The van der Waals surface area contributed by atoms with E-state index in [2.05, 4.69) is 0 Å². The fourth-order valence-corrected chi connectivity index (χ4v) is 2.75. The molecule has 0 heterocycles. The molecule has 2 rings (SSSR count). The van der Waals surface area contributed by atoms with E-state index in [9.17, 15) is 4.79 Å². The second kappa shape index (κ2) is 2.84. The summed E-state index contributed by atoms with van der Waals surface area (Å²) in [7, 11) is 0. The minimum Gasteiger partial charge on any atom is -0.464 e. The van der Waals surface area contributed by atoms with Crippen LogP contribution in [0.5, 0.6) is 0 Å². The summed E-state index contributed by atoms with van der Waals surface area (Å²) in [6, 6.07) is 0. The number of carbonyl (C=O) groups excluding carboxylic acids is 1. The van der Waals surface area contributed by atoms with Crippen molar-refractivity contribution in [2.75, 3.05) is 0 Å². The highest BCUT2D eigenvalue weighted by atomic mass is 16.5. The van der Waals surface area contributed by atoms with Crippen molar-refractivity contribution < 1.29 is 9.53 Å². The fourth-order valence-electron chi connectivity index (χ4n) is 2.75. The molecule has 2 saturated carbocycles. The maximum Gasteiger partial charge on any atom is 0.293 e. The van der Waals surface area contributed by atoms with E-state index >= 15 is 0 Å². The van der Waals surface area contributed by atoms with Crippen molar-refractivity contribution >= 4 is 6.47 Å². The first-order valence-corrected chi connectivity index (χ1v) is 4.51. The quantitative estimate of drug-likeness (QED) is 0.566. The molecule has 0 aliphatic heterocycles. The van der Waals surface area contributed by atoms with Gasteiger partial charge in [0.2, 0.25) is 0 Å². The zero-order valence-corrected chi connectivity index (χ0v) is 6.66. The van der Waals surface area contributed by atoms with Crippen LogP contribution in [0, 0.1) is 11.8 Å². The molecule has 0 radical (unpaired) electrons. The minimum absolute atomic E-state index is 0.264. The van der Waals surface area contributed by atoms with E-state index in [-0.39, 0.29) is 6.10 Å². The molecule has 0 bridgehead atoms. The van der Waals surface area contributed by atoms with Gasteiger partial charge < -0.3 is 4.74 Å². The average molecular weight is 154 g/mol. The fraction of sp³-hybridized carbons (Fsp3) is 0.889. The van der Waals surface area contributed by atoms with Gasteiger partial charge in [0.15, 0.2) is 0 Å². The standard InChI is InChI=1S/C9H14O2/c10-6-11-9-5-4-7-2-1-3-8(7)9/h6-9H,1-5H2/t7-,8+,9+/m0/s1. The largest absolute Gasteiger partial charge is 0.464 e. The summed E-state index contributed by atoms with van der Waals surface area (Å²) in [4.78, 5) is 10.1. The van der Waals surface area contributed by atoms with Gasteiger partial charge in [0.05, 0.1) is 0 Å². The van der Waals surface area contributed by atoms with E-state index < -0.39 is 0 Å². The summed E-state index contributed by atoms with van der Waals surface area (Å²) in [6.07, 6.45) is 6.64. The van der Waals surface area contributed by atoms with Gasteiger partial charge in [-0.2, -0.15) is 0 Å². The van der Waals surface area contributed by atoms with Gasteiger partial charge in [-0.05, 0) is 31.1 Å². The van der Waals surface area contributed by atoms with Gasteiger partial charge >= 0.3 is 0 Å². The van der Waals surface area contributed by atoms with E-state index in [4.69, 9.17) is 4.74 Å². The maximum absolute atomic E-state index is 10.1. The van der Waals surface area contributed by atoms with Crippen LogP contribution in [0.3, 0.4) is 0 Å². The molecule has 62 valence electrons. The number of hydrogen-bond acceptors (Lipinski definition) is 2. The van der Waals surface area contributed by atoms with Crippen LogP contribution in [0.15, 0.2) is 0 Å². The van der Waals surface area contributed by atoms with E-state index in [1.54, 1.807) is 0 Å². The first-order chi connectivity index (χ1) is 5.42.